The number of nitriles is 1. The standard InChI is InChI=1S/C43H27N3/c44-28-29-10-8-11-30(24-29)31-12-9-15-35(25-31)46-41-19-7-5-17-37(41)39-27-33(21-23-43(39)46)32-20-22-42-38(26-32)36-16-4-6-18-40(36)45(42)34-13-2-1-3-14-34/h1-27H. The molecule has 3 nitrogen and oxygen atoms in total. The molecule has 46 heavy (non-hydrogen) atoms. The van der Waals surface area contributed by atoms with Crippen LogP contribution in [-0.2, 0) is 0 Å². The number of aromatic nitrogens is 2. The first-order valence-corrected chi connectivity index (χ1v) is 15.5. The summed E-state index contributed by atoms with van der Waals surface area (Å²) in [6, 6.07) is 60.2. The van der Waals surface area contributed by atoms with E-state index in [-0.39, 0.29) is 0 Å². The van der Waals surface area contributed by atoms with Gasteiger partial charge in [0.15, 0.2) is 0 Å². The SMILES string of the molecule is N#Cc1cccc(-c2cccc(-n3c4ccccc4c4cc(-c5ccc6c(c5)c5ccccc5n6-c5ccccc5)ccc43)c2)c1. The van der Waals surface area contributed by atoms with Gasteiger partial charge in [-0.1, -0.05) is 91.0 Å². The number of para-hydroxylation sites is 3. The Hall–Kier alpha value is -6.37. The minimum atomic E-state index is 0.662. The highest BCUT2D eigenvalue weighted by Crippen LogP contribution is 2.38. The molecule has 7 aromatic carbocycles. The zero-order valence-electron chi connectivity index (χ0n) is 24.9. The first kappa shape index (κ1) is 26.1. The summed E-state index contributed by atoms with van der Waals surface area (Å²) >= 11 is 0. The van der Waals surface area contributed by atoms with Crippen LogP contribution >= 0.6 is 0 Å². The van der Waals surface area contributed by atoms with Gasteiger partial charge in [0.05, 0.1) is 33.7 Å². The lowest BCUT2D eigenvalue weighted by molar-refractivity contribution is 1.18. The van der Waals surface area contributed by atoms with E-state index in [2.05, 4.69) is 161 Å². The van der Waals surface area contributed by atoms with Crippen molar-refractivity contribution in [2.45, 2.75) is 0 Å². The molecule has 0 aliphatic carbocycles. The maximum atomic E-state index is 9.45. The molecular formula is C43H27N3. The van der Waals surface area contributed by atoms with E-state index in [1.807, 2.05) is 18.2 Å². The maximum Gasteiger partial charge on any atom is 0.0991 e. The lowest BCUT2D eigenvalue weighted by Crippen LogP contribution is -1.94. The van der Waals surface area contributed by atoms with Crippen LogP contribution in [0.3, 0.4) is 0 Å². The number of hydrogen-bond acceptors (Lipinski definition) is 1. The number of rotatable bonds is 4. The summed E-state index contributed by atoms with van der Waals surface area (Å²) in [6.07, 6.45) is 0. The van der Waals surface area contributed by atoms with Crippen LogP contribution in [0.5, 0.6) is 0 Å². The summed E-state index contributed by atoms with van der Waals surface area (Å²) in [5, 5.41) is 14.4. The molecule has 0 saturated heterocycles. The second-order valence-electron chi connectivity index (χ2n) is 11.7. The van der Waals surface area contributed by atoms with Gasteiger partial charge in [-0.2, -0.15) is 5.26 Å². The van der Waals surface area contributed by atoms with Crippen LogP contribution in [0.2, 0.25) is 0 Å². The molecule has 0 unspecified atom stereocenters. The average molecular weight is 586 g/mol. The third kappa shape index (κ3) is 4.05. The molecule has 0 spiro atoms. The van der Waals surface area contributed by atoms with E-state index in [0.29, 0.717) is 5.56 Å². The monoisotopic (exact) mass is 585 g/mol. The quantitative estimate of drug-likeness (QED) is 0.202. The van der Waals surface area contributed by atoms with Crippen molar-refractivity contribution >= 4 is 43.6 Å². The largest absolute Gasteiger partial charge is 0.309 e. The van der Waals surface area contributed by atoms with E-state index in [4.69, 9.17) is 0 Å². The number of hydrogen-bond donors (Lipinski definition) is 0. The Morgan fingerprint density at radius 2 is 0.826 bits per heavy atom. The molecule has 214 valence electrons. The fraction of sp³-hybridized carbons (Fsp3) is 0. The molecule has 0 bridgehead atoms. The van der Waals surface area contributed by atoms with Gasteiger partial charge in [0.25, 0.3) is 0 Å². The highest BCUT2D eigenvalue weighted by molar-refractivity contribution is 6.12. The van der Waals surface area contributed by atoms with Gasteiger partial charge in [-0.25, -0.2) is 0 Å². The highest BCUT2D eigenvalue weighted by Gasteiger charge is 2.16. The van der Waals surface area contributed by atoms with Gasteiger partial charge in [-0.3, -0.25) is 0 Å². The Bertz CT molecular complexity index is 2650. The van der Waals surface area contributed by atoms with Gasteiger partial charge >= 0.3 is 0 Å². The molecule has 0 radical (unpaired) electrons. The summed E-state index contributed by atoms with van der Waals surface area (Å²) < 4.78 is 4.71. The van der Waals surface area contributed by atoms with Crippen LogP contribution in [0.25, 0.3) is 77.2 Å². The molecule has 0 amide bonds. The van der Waals surface area contributed by atoms with Crippen molar-refractivity contribution in [1.29, 1.82) is 5.26 Å². The molecule has 2 heterocycles. The molecule has 0 aliphatic rings. The number of fused-ring (bicyclic) bond motifs is 6. The molecule has 0 N–H and O–H groups in total. The van der Waals surface area contributed by atoms with Crippen molar-refractivity contribution in [3.05, 3.63) is 169 Å². The molecule has 0 atom stereocenters. The first-order chi connectivity index (χ1) is 22.8. The predicted molar refractivity (Wildman–Crippen MR) is 191 cm³/mol. The summed E-state index contributed by atoms with van der Waals surface area (Å²) in [4.78, 5) is 0. The van der Waals surface area contributed by atoms with Crippen molar-refractivity contribution in [3.8, 4) is 39.7 Å². The van der Waals surface area contributed by atoms with Crippen molar-refractivity contribution in [2.24, 2.45) is 0 Å². The Balaban J connectivity index is 1.21. The highest BCUT2D eigenvalue weighted by atomic mass is 15.0. The molecule has 2 aromatic heterocycles. The molecule has 0 aliphatic heterocycles. The maximum absolute atomic E-state index is 9.45. The summed E-state index contributed by atoms with van der Waals surface area (Å²) in [5.74, 6) is 0. The topological polar surface area (TPSA) is 33.6 Å². The van der Waals surface area contributed by atoms with Crippen LogP contribution in [0.4, 0.5) is 0 Å². The molecule has 9 aromatic rings. The van der Waals surface area contributed by atoms with Crippen LogP contribution < -0.4 is 0 Å². The van der Waals surface area contributed by atoms with Crippen LogP contribution in [0.1, 0.15) is 5.56 Å². The van der Waals surface area contributed by atoms with Gasteiger partial charge < -0.3 is 9.13 Å². The normalized spacial score (nSPS) is 11.5. The van der Waals surface area contributed by atoms with E-state index >= 15 is 0 Å². The third-order valence-corrected chi connectivity index (χ3v) is 9.12. The zero-order valence-corrected chi connectivity index (χ0v) is 24.9. The molecule has 0 saturated carbocycles. The molecule has 9 rings (SSSR count). The molecular weight excluding hydrogens is 558 g/mol. The second kappa shape index (κ2) is 10.4. The van der Waals surface area contributed by atoms with E-state index in [9.17, 15) is 5.26 Å². The van der Waals surface area contributed by atoms with Crippen molar-refractivity contribution < 1.29 is 0 Å². The smallest absolute Gasteiger partial charge is 0.0991 e. The van der Waals surface area contributed by atoms with Crippen molar-refractivity contribution in [1.82, 2.24) is 9.13 Å². The third-order valence-electron chi connectivity index (χ3n) is 9.12. The summed E-state index contributed by atoms with van der Waals surface area (Å²) in [6.45, 7) is 0. The minimum absolute atomic E-state index is 0.662. The van der Waals surface area contributed by atoms with Gasteiger partial charge in [0, 0.05) is 32.9 Å². The Labute approximate surface area is 266 Å². The first-order valence-electron chi connectivity index (χ1n) is 15.5. The van der Waals surface area contributed by atoms with E-state index in [1.165, 1.54) is 49.2 Å². The number of nitrogens with zero attached hydrogens (tertiary/aromatic N) is 3. The Morgan fingerprint density at radius 3 is 1.46 bits per heavy atom. The van der Waals surface area contributed by atoms with Crippen LogP contribution in [-0.4, -0.2) is 9.13 Å². The van der Waals surface area contributed by atoms with Gasteiger partial charge in [0.1, 0.15) is 0 Å². The van der Waals surface area contributed by atoms with E-state index in [1.54, 1.807) is 0 Å². The van der Waals surface area contributed by atoms with Crippen molar-refractivity contribution in [3.63, 3.8) is 0 Å². The second-order valence-corrected chi connectivity index (χ2v) is 11.7. The van der Waals surface area contributed by atoms with Crippen LogP contribution in [0.15, 0.2) is 164 Å². The molecule has 3 heteroatoms. The van der Waals surface area contributed by atoms with Crippen molar-refractivity contribution in [2.75, 3.05) is 0 Å². The predicted octanol–water partition coefficient (Wildman–Crippen LogP) is 11.1. The Kier molecular flexibility index (Phi) is 5.88. The summed E-state index contributed by atoms with van der Waals surface area (Å²) in [5.41, 5.74) is 12.2. The minimum Gasteiger partial charge on any atom is -0.309 e. The fourth-order valence-corrected chi connectivity index (χ4v) is 7.03. The van der Waals surface area contributed by atoms with Gasteiger partial charge in [-0.05, 0) is 95.1 Å². The van der Waals surface area contributed by atoms with Gasteiger partial charge in [0.2, 0.25) is 0 Å². The average Bonchev–Trinajstić information content (AvgIpc) is 3.64. The molecule has 0 fully saturated rings. The Morgan fingerprint density at radius 1 is 0.348 bits per heavy atom. The van der Waals surface area contributed by atoms with Crippen LogP contribution in [0, 0.1) is 11.3 Å². The lowest BCUT2D eigenvalue weighted by atomic mass is 10.0. The zero-order chi connectivity index (χ0) is 30.6. The lowest BCUT2D eigenvalue weighted by Gasteiger charge is -2.11. The summed E-state index contributed by atoms with van der Waals surface area (Å²) in [7, 11) is 0. The van der Waals surface area contributed by atoms with E-state index < -0.39 is 0 Å². The number of benzene rings is 7. The van der Waals surface area contributed by atoms with Gasteiger partial charge in [-0.15, -0.1) is 0 Å². The van der Waals surface area contributed by atoms with E-state index in [0.717, 1.165) is 28.0 Å². The fourth-order valence-electron chi connectivity index (χ4n) is 7.03.